The molecular formula is C18H25NO3. The van der Waals surface area contributed by atoms with Gasteiger partial charge in [0.05, 0.1) is 0 Å². The lowest BCUT2D eigenvalue weighted by molar-refractivity contribution is -0.112. The number of carbonyl (C=O) groups excluding carboxylic acids is 2. The lowest BCUT2D eigenvalue weighted by Gasteiger charge is -2.31. The van der Waals surface area contributed by atoms with Crippen LogP contribution in [0.25, 0.3) is 0 Å². The summed E-state index contributed by atoms with van der Waals surface area (Å²) in [6, 6.07) is 0. The van der Waals surface area contributed by atoms with Crippen LogP contribution >= 0.6 is 0 Å². The molecule has 0 atom stereocenters. The van der Waals surface area contributed by atoms with Gasteiger partial charge in [-0.1, -0.05) is 24.3 Å². The highest BCUT2D eigenvalue weighted by Gasteiger charge is 2.26. The molecule has 0 unspecified atom stereocenters. The number of aldehydes is 1. The monoisotopic (exact) mass is 303 g/mol. The summed E-state index contributed by atoms with van der Waals surface area (Å²) in [4.78, 5) is 23.8. The maximum atomic E-state index is 11.6. The number of likely N-dealkylation sites (tertiary alicyclic amines) is 1. The highest BCUT2D eigenvalue weighted by atomic mass is 16.6. The van der Waals surface area contributed by atoms with Gasteiger partial charge in [0.15, 0.2) is 0 Å². The molecule has 1 saturated heterocycles. The number of fused-ring (bicyclic) bond motifs is 2. The Bertz CT molecular complexity index is 495. The SMILES string of the molecule is C1=CC2=CC=C1C2.CC(C)(C)OC(=O)N1CCC(C=O)CC1. The van der Waals surface area contributed by atoms with Crippen molar-refractivity contribution in [1.82, 2.24) is 4.90 Å². The number of nitrogens with zero attached hydrogens (tertiary/aromatic N) is 1. The summed E-state index contributed by atoms with van der Waals surface area (Å²) in [5.41, 5.74) is 2.49. The molecule has 3 rings (SSSR count). The Morgan fingerprint density at radius 3 is 2.05 bits per heavy atom. The maximum Gasteiger partial charge on any atom is 0.410 e. The second-order valence-corrected chi connectivity index (χ2v) is 6.93. The van der Waals surface area contributed by atoms with Gasteiger partial charge in [0.25, 0.3) is 0 Å². The number of ether oxygens (including phenoxy) is 1. The molecule has 4 nitrogen and oxygen atoms in total. The Balaban J connectivity index is 0.000000205. The van der Waals surface area contributed by atoms with E-state index >= 15 is 0 Å². The van der Waals surface area contributed by atoms with Crippen LogP contribution in [0.2, 0.25) is 0 Å². The zero-order valence-corrected chi connectivity index (χ0v) is 13.7. The van der Waals surface area contributed by atoms with Crippen LogP contribution in [0.15, 0.2) is 35.5 Å². The summed E-state index contributed by atoms with van der Waals surface area (Å²) >= 11 is 0. The standard InChI is InChI=1S/C11H19NO3.C7H6/c1-11(2,3)15-10(14)12-6-4-9(8-13)5-7-12;1-2-7-4-3-6(1)5-7/h8-9H,4-7H2,1-3H3;1-4H,5H2. The van der Waals surface area contributed by atoms with E-state index in [-0.39, 0.29) is 12.0 Å². The molecule has 1 heterocycles. The average Bonchev–Trinajstić information content (AvgIpc) is 3.11. The summed E-state index contributed by atoms with van der Waals surface area (Å²) in [6.45, 7) is 6.80. The predicted octanol–water partition coefficient (Wildman–Crippen LogP) is 3.65. The van der Waals surface area contributed by atoms with Crippen LogP contribution in [-0.2, 0) is 9.53 Å². The number of allylic oxidation sites excluding steroid dienone is 6. The number of piperidine rings is 1. The number of hydrogen-bond donors (Lipinski definition) is 0. The lowest BCUT2D eigenvalue weighted by atomic mass is 9.99. The Kier molecular flexibility index (Phi) is 5.22. The molecule has 0 N–H and O–H groups in total. The van der Waals surface area contributed by atoms with E-state index in [1.807, 2.05) is 20.8 Å². The van der Waals surface area contributed by atoms with Crippen molar-refractivity contribution in [3.8, 4) is 0 Å². The first kappa shape index (κ1) is 16.5. The fourth-order valence-electron chi connectivity index (χ4n) is 2.56. The van der Waals surface area contributed by atoms with Crippen LogP contribution < -0.4 is 0 Å². The molecule has 1 aliphatic heterocycles. The fourth-order valence-corrected chi connectivity index (χ4v) is 2.56. The predicted molar refractivity (Wildman–Crippen MR) is 86.5 cm³/mol. The molecule has 0 spiro atoms. The van der Waals surface area contributed by atoms with Gasteiger partial charge < -0.3 is 14.4 Å². The van der Waals surface area contributed by atoms with E-state index in [4.69, 9.17) is 4.74 Å². The van der Waals surface area contributed by atoms with E-state index in [1.54, 1.807) is 4.90 Å². The highest BCUT2D eigenvalue weighted by molar-refractivity contribution is 5.68. The molecule has 3 aliphatic rings. The third-order valence-corrected chi connectivity index (χ3v) is 3.81. The molecule has 0 radical (unpaired) electrons. The van der Waals surface area contributed by atoms with E-state index in [0.717, 1.165) is 19.1 Å². The molecule has 120 valence electrons. The molecule has 0 aromatic rings. The van der Waals surface area contributed by atoms with Crippen molar-refractivity contribution >= 4 is 12.4 Å². The van der Waals surface area contributed by atoms with Crippen molar-refractivity contribution in [3.05, 3.63) is 35.5 Å². The number of hydrogen-bond acceptors (Lipinski definition) is 3. The van der Waals surface area contributed by atoms with Crippen molar-refractivity contribution in [1.29, 1.82) is 0 Å². The Hall–Kier alpha value is -1.84. The number of carbonyl (C=O) groups is 2. The molecule has 2 aliphatic carbocycles. The van der Waals surface area contributed by atoms with Gasteiger partial charge >= 0.3 is 6.09 Å². The third kappa shape index (κ3) is 4.86. The minimum atomic E-state index is -0.446. The molecule has 0 saturated carbocycles. The van der Waals surface area contributed by atoms with Crippen LogP contribution in [0.4, 0.5) is 4.79 Å². The summed E-state index contributed by atoms with van der Waals surface area (Å²) in [5.74, 6) is 0.115. The minimum Gasteiger partial charge on any atom is -0.444 e. The van der Waals surface area contributed by atoms with Gasteiger partial charge in [0.1, 0.15) is 11.9 Å². The molecule has 1 fully saturated rings. The van der Waals surface area contributed by atoms with Crippen molar-refractivity contribution < 1.29 is 14.3 Å². The van der Waals surface area contributed by atoms with Gasteiger partial charge in [-0.25, -0.2) is 4.79 Å². The number of rotatable bonds is 1. The summed E-state index contributed by atoms with van der Waals surface area (Å²) in [7, 11) is 0. The minimum absolute atomic E-state index is 0.115. The first-order valence-corrected chi connectivity index (χ1v) is 7.88. The second kappa shape index (κ2) is 6.95. The van der Waals surface area contributed by atoms with Crippen LogP contribution in [0, 0.1) is 5.92 Å². The van der Waals surface area contributed by atoms with Crippen molar-refractivity contribution in [3.63, 3.8) is 0 Å². The highest BCUT2D eigenvalue weighted by Crippen LogP contribution is 2.27. The average molecular weight is 303 g/mol. The first-order chi connectivity index (χ1) is 10.4. The Morgan fingerprint density at radius 1 is 1.18 bits per heavy atom. The fraction of sp³-hybridized carbons (Fsp3) is 0.556. The summed E-state index contributed by atoms with van der Waals surface area (Å²) < 4.78 is 5.24. The van der Waals surface area contributed by atoms with Crippen molar-refractivity contribution in [2.75, 3.05) is 13.1 Å². The third-order valence-electron chi connectivity index (χ3n) is 3.81. The molecule has 4 heteroatoms. The van der Waals surface area contributed by atoms with Gasteiger partial charge in [-0.15, -0.1) is 0 Å². The van der Waals surface area contributed by atoms with E-state index < -0.39 is 5.60 Å². The maximum absolute atomic E-state index is 11.6. The van der Waals surface area contributed by atoms with Gasteiger partial charge in [-0.05, 0) is 51.2 Å². The van der Waals surface area contributed by atoms with E-state index in [2.05, 4.69) is 24.3 Å². The number of amides is 1. The zero-order valence-electron chi connectivity index (χ0n) is 13.7. The smallest absolute Gasteiger partial charge is 0.410 e. The molecule has 0 aromatic carbocycles. The normalized spacial score (nSPS) is 20.0. The van der Waals surface area contributed by atoms with Gasteiger partial charge in [-0.2, -0.15) is 0 Å². The Morgan fingerprint density at radius 2 is 1.73 bits per heavy atom. The summed E-state index contributed by atoms with van der Waals surface area (Å²) in [6.07, 6.45) is 12.1. The van der Waals surface area contributed by atoms with Gasteiger partial charge in [0, 0.05) is 19.0 Å². The van der Waals surface area contributed by atoms with Crippen LogP contribution in [-0.4, -0.2) is 36.0 Å². The quantitative estimate of drug-likeness (QED) is 0.695. The van der Waals surface area contributed by atoms with Crippen molar-refractivity contribution in [2.24, 2.45) is 5.92 Å². The second-order valence-electron chi connectivity index (χ2n) is 6.93. The summed E-state index contributed by atoms with van der Waals surface area (Å²) in [5, 5.41) is 0. The zero-order chi connectivity index (χ0) is 16.2. The van der Waals surface area contributed by atoms with Crippen LogP contribution in [0.3, 0.4) is 0 Å². The van der Waals surface area contributed by atoms with Gasteiger partial charge in [-0.3, -0.25) is 0 Å². The Labute approximate surface area is 132 Å². The molecule has 0 aromatic heterocycles. The first-order valence-electron chi connectivity index (χ1n) is 7.88. The molecule has 1 amide bonds. The van der Waals surface area contributed by atoms with E-state index in [9.17, 15) is 9.59 Å². The van der Waals surface area contributed by atoms with Crippen LogP contribution in [0.1, 0.15) is 40.0 Å². The largest absolute Gasteiger partial charge is 0.444 e. The molecule has 22 heavy (non-hydrogen) atoms. The van der Waals surface area contributed by atoms with Crippen molar-refractivity contribution in [2.45, 2.75) is 45.6 Å². The van der Waals surface area contributed by atoms with E-state index in [1.165, 1.54) is 17.6 Å². The topological polar surface area (TPSA) is 46.6 Å². The van der Waals surface area contributed by atoms with Gasteiger partial charge in [0.2, 0.25) is 0 Å². The molecular weight excluding hydrogens is 278 g/mol. The van der Waals surface area contributed by atoms with E-state index in [0.29, 0.717) is 13.1 Å². The lowest BCUT2D eigenvalue weighted by Crippen LogP contribution is -2.41. The molecule has 2 bridgehead atoms. The van der Waals surface area contributed by atoms with Crippen LogP contribution in [0.5, 0.6) is 0 Å².